The van der Waals surface area contributed by atoms with Crippen molar-refractivity contribution in [2.24, 2.45) is 0 Å². The zero-order chi connectivity index (χ0) is 9.26. The van der Waals surface area contributed by atoms with Gasteiger partial charge in [-0.05, 0) is 37.6 Å². The van der Waals surface area contributed by atoms with Gasteiger partial charge in [-0.1, -0.05) is 0 Å². The average Bonchev–Trinajstić information content (AvgIpc) is 2.47. The minimum atomic E-state index is 1.07. The lowest BCUT2D eigenvalue weighted by atomic mass is 10.1. The van der Waals surface area contributed by atoms with Gasteiger partial charge in [0.15, 0.2) is 0 Å². The minimum Gasteiger partial charge on any atom is -0.265 e. The Morgan fingerprint density at radius 1 is 1.08 bits per heavy atom. The largest absolute Gasteiger partial charge is 0.265 e. The summed E-state index contributed by atoms with van der Waals surface area (Å²) in [5.41, 5.74) is 4.56. The van der Waals surface area contributed by atoms with Gasteiger partial charge in [0.25, 0.3) is 0 Å². The van der Waals surface area contributed by atoms with Crippen molar-refractivity contribution in [2.45, 2.75) is 13.8 Å². The molecule has 1 radical (unpaired) electrons. The van der Waals surface area contributed by atoms with Crippen LogP contribution in [0, 0.1) is 0 Å². The van der Waals surface area contributed by atoms with E-state index in [1.807, 2.05) is 26.0 Å². The summed E-state index contributed by atoms with van der Waals surface area (Å²) in [7, 11) is 0. The molecule has 0 unspecified atom stereocenters. The first-order valence-electron chi connectivity index (χ1n) is 4.28. The average molecular weight is 171 g/mol. The van der Waals surface area contributed by atoms with Crippen molar-refractivity contribution in [3.05, 3.63) is 47.6 Å². The van der Waals surface area contributed by atoms with Crippen LogP contribution in [0.1, 0.15) is 19.4 Å². The van der Waals surface area contributed by atoms with E-state index in [0.717, 1.165) is 11.4 Å². The molecule has 1 aliphatic rings. The molecule has 0 saturated carbocycles. The molecule has 2 nitrogen and oxygen atoms in total. The first-order valence-corrected chi connectivity index (χ1v) is 4.28. The SMILES string of the molecule is CC1=CC(c2ccncc2)=C(C)[N]1. The lowest BCUT2D eigenvalue weighted by Gasteiger charge is -1.99. The number of aromatic nitrogens is 1. The molecule has 1 aliphatic heterocycles. The standard InChI is InChI=1S/C11H11N2/c1-8-7-11(9(2)13-8)10-3-5-12-6-4-10/h3-7H,1-2H3. The summed E-state index contributed by atoms with van der Waals surface area (Å²) in [6, 6.07) is 4.01. The summed E-state index contributed by atoms with van der Waals surface area (Å²) in [5.74, 6) is 0. The van der Waals surface area contributed by atoms with Gasteiger partial charge in [-0.15, -0.1) is 0 Å². The van der Waals surface area contributed by atoms with E-state index >= 15 is 0 Å². The molecule has 2 heterocycles. The highest BCUT2D eigenvalue weighted by Gasteiger charge is 2.11. The third-order valence-corrected chi connectivity index (χ3v) is 2.08. The quantitative estimate of drug-likeness (QED) is 0.637. The second-order valence-corrected chi connectivity index (χ2v) is 3.13. The van der Waals surface area contributed by atoms with Crippen LogP contribution in [0.5, 0.6) is 0 Å². The van der Waals surface area contributed by atoms with Crippen molar-refractivity contribution >= 4 is 5.57 Å². The van der Waals surface area contributed by atoms with E-state index in [0.29, 0.717) is 0 Å². The summed E-state index contributed by atoms with van der Waals surface area (Å²) >= 11 is 0. The molecule has 0 bridgehead atoms. The van der Waals surface area contributed by atoms with E-state index in [1.54, 1.807) is 12.4 Å². The minimum absolute atomic E-state index is 1.07. The Hall–Kier alpha value is -1.57. The zero-order valence-corrected chi connectivity index (χ0v) is 7.78. The van der Waals surface area contributed by atoms with Crippen molar-refractivity contribution in [1.82, 2.24) is 10.3 Å². The molecule has 1 aromatic rings. The predicted molar refractivity (Wildman–Crippen MR) is 52.7 cm³/mol. The van der Waals surface area contributed by atoms with Gasteiger partial charge in [-0.25, -0.2) is 0 Å². The number of allylic oxidation sites excluding steroid dienone is 4. The maximum Gasteiger partial charge on any atom is 0.0454 e. The van der Waals surface area contributed by atoms with Gasteiger partial charge >= 0.3 is 0 Å². The molecule has 0 aromatic carbocycles. The second-order valence-electron chi connectivity index (χ2n) is 3.13. The van der Waals surface area contributed by atoms with Gasteiger partial charge in [-0.3, -0.25) is 10.3 Å². The van der Waals surface area contributed by atoms with Gasteiger partial charge < -0.3 is 0 Å². The number of nitrogens with zero attached hydrogens (tertiary/aromatic N) is 2. The normalized spacial score (nSPS) is 15.7. The van der Waals surface area contributed by atoms with Crippen molar-refractivity contribution in [2.75, 3.05) is 0 Å². The van der Waals surface area contributed by atoms with E-state index in [2.05, 4.69) is 16.4 Å². The van der Waals surface area contributed by atoms with E-state index in [9.17, 15) is 0 Å². The summed E-state index contributed by atoms with van der Waals surface area (Å²) in [4.78, 5) is 3.99. The van der Waals surface area contributed by atoms with Gasteiger partial charge in [0.2, 0.25) is 0 Å². The molecule has 2 heteroatoms. The van der Waals surface area contributed by atoms with E-state index in [-0.39, 0.29) is 0 Å². The van der Waals surface area contributed by atoms with Crippen LogP contribution in [0.15, 0.2) is 42.0 Å². The maximum atomic E-state index is 4.37. The highest BCUT2D eigenvalue weighted by molar-refractivity contribution is 5.78. The van der Waals surface area contributed by atoms with Crippen LogP contribution in [0.4, 0.5) is 0 Å². The highest BCUT2D eigenvalue weighted by atomic mass is 14.9. The molecule has 1 aromatic heterocycles. The summed E-state index contributed by atoms with van der Waals surface area (Å²) < 4.78 is 0. The van der Waals surface area contributed by atoms with Gasteiger partial charge in [0, 0.05) is 29.4 Å². The molecular formula is C11H11N2. The van der Waals surface area contributed by atoms with Crippen molar-refractivity contribution in [1.29, 1.82) is 0 Å². The van der Waals surface area contributed by atoms with Crippen molar-refractivity contribution in [3.8, 4) is 0 Å². The van der Waals surface area contributed by atoms with Crippen LogP contribution in [0.25, 0.3) is 5.57 Å². The van der Waals surface area contributed by atoms with E-state index < -0.39 is 0 Å². The molecule has 65 valence electrons. The van der Waals surface area contributed by atoms with Crippen molar-refractivity contribution < 1.29 is 0 Å². The summed E-state index contributed by atoms with van der Waals surface area (Å²) in [6.07, 6.45) is 5.71. The number of pyridine rings is 1. The molecule has 2 rings (SSSR count). The molecule has 0 atom stereocenters. The summed E-state index contributed by atoms with van der Waals surface area (Å²) in [5, 5.41) is 4.37. The van der Waals surface area contributed by atoms with Gasteiger partial charge in [0.1, 0.15) is 0 Å². The Balaban J connectivity index is 2.43. The van der Waals surface area contributed by atoms with Crippen LogP contribution >= 0.6 is 0 Å². The van der Waals surface area contributed by atoms with Gasteiger partial charge in [0.05, 0.1) is 0 Å². The van der Waals surface area contributed by atoms with Crippen molar-refractivity contribution in [3.63, 3.8) is 0 Å². The zero-order valence-electron chi connectivity index (χ0n) is 7.78. The fraction of sp³-hybridized carbons (Fsp3) is 0.182. The fourth-order valence-electron chi connectivity index (χ4n) is 1.49. The van der Waals surface area contributed by atoms with E-state index in [4.69, 9.17) is 0 Å². The lowest BCUT2D eigenvalue weighted by molar-refractivity contribution is 0.983. The predicted octanol–water partition coefficient (Wildman–Crippen LogP) is 2.33. The Labute approximate surface area is 78.0 Å². The Morgan fingerprint density at radius 2 is 1.77 bits per heavy atom. The number of rotatable bonds is 1. The Morgan fingerprint density at radius 3 is 2.31 bits per heavy atom. The number of hydrogen-bond donors (Lipinski definition) is 0. The molecular weight excluding hydrogens is 160 g/mol. The first kappa shape index (κ1) is 8.05. The van der Waals surface area contributed by atoms with Crippen LogP contribution in [-0.4, -0.2) is 4.98 Å². The van der Waals surface area contributed by atoms with Crippen LogP contribution in [0.3, 0.4) is 0 Å². The Bertz CT molecular complexity index is 374. The van der Waals surface area contributed by atoms with E-state index in [1.165, 1.54) is 11.1 Å². The third kappa shape index (κ3) is 1.47. The lowest BCUT2D eigenvalue weighted by Crippen LogP contribution is -1.92. The summed E-state index contributed by atoms with van der Waals surface area (Å²) in [6.45, 7) is 4.04. The highest BCUT2D eigenvalue weighted by Crippen LogP contribution is 2.25. The number of hydrogen-bond acceptors (Lipinski definition) is 1. The smallest absolute Gasteiger partial charge is 0.0454 e. The fourth-order valence-corrected chi connectivity index (χ4v) is 1.49. The molecule has 0 spiro atoms. The molecule has 0 amide bonds. The molecule has 0 fully saturated rings. The molecule has 13 heavy (non-hydrogen) atoms. The second kappa shape index (κ2) is 3.05. The Kier molecular flexibility index (Phi) is 1.89. The molecule has 0 N–H and O–H groups in total. The molecule has 0 aliphatic carbocycles. The monoisotopic (exact) mass is 171 g/mol. The first-order chi connectivity index (χ1) is 6.27. The maximum absolute atomic E-state index is 4.37. The van der Waals surface area contributed by atoms with Crippen LogP contribution in [-0.2, 0) is 0 Å². The molecule has 0 saturated heterocycles. The van der Waals surface area contributed by atoms with Crippen LogP contribution in [0.2, 0.25) is 0 Å². The van der Waals surface area contributed by atoms with Crippen LogP contribution < -0.4 is 5.32 Å². The topological polar surface area (TPSA) is 27.0 Å². The van der Waals surface area contributed by atoms with Gasteiger partial charge in [-0.2, -0.15) is 0 Å². The third-order valence-electron chi connectivity index (χ3n) is 2.08.